The van der Waals surface area contributed by atoms with E-state index in [1.54, 1.807) is 12.3 Å². The first-order chi connectivity index (χ1) is 13.9. The minimum atomic E-state index is -0.229. The Bertz CT molecular complexity index is 930. The number of amides is 2. The maximum Gasteiger partial charge on any atom is 0.255 e. The normalized spacial score (nSPS) is 20.5. The van der Waals surface area contributed by atoms with Crippen LogP contribution in [0.4, 0.5) is 5.82 Å². The van der Waals surface area contributed by atoms with E-state index >= 15 is 0 Å². The highest BCUT2D eigenvalue weighted by molar-refractivity contribution is 5.94. The van der Waals surface area contributed by atoms with Crippen molar-refractivity contribution in [3.63, 3.8) is 0 Å². The van der Waals surface area contributed by atoms with Crippen LogP contribution in [0.3, 0.4) is 0 Å². The molecule has 4 rings (SSSR count). The Balaban J connectivity index is 0.00000171. The fraction of sp³-hybridized carbons (Fsp3) is 0.455. The first-order valence-electron chi connectivity index (χ1n) is 10.1. The van der Waals surface area contributed by atoms with Crippen molar-refractivity contribution < 1.29 is 9.59 Å². The quantitative estimate of drug-likeness (QED) is 0.753. The maximum absolute atomic E-state index is 12.9. The lowest BCUT2D eigenvalue weighted by atomic mass is 9.93. The number of rotatable bonds is 3. The van der Waals surface area contributed by atoms with Gasteiger partial charge in [-0.2, -0.15) is 0 Å². The van der Waals surface area contributed by atoms with Crippen LogP contribution in [-0.4, -0.2) is 59.4 Å². The number of piperazine rings is 1. The molecule has 2 amide bonds. The predicted octanol–water partition coefficient (Wildman–Crippen LogP) is 2.75. The second-order valence-corrected chi connectivity index (χ2v) is 8.10. The molecule has 9 heteroatoms. The van der Waals surface area contributed by atoms with Crippen molar-refractivity contribution in [3.05, 3.63) is 53.0 Å². The van der Waals surface area contributed by atoms with Gasteiger partial charge in [0.2, 0.25) is 5.91 Å². The molecule has 168 valence electrons. The van der Waals surface area contributed by atoms with E-state index in [1.165, 1.54) is 0 Å². The zero-order chi connectivity index (χ0) is 20.5. The van der Waals surface area contributed by atoms with Crippen molar-refractivity contribution in [2.45, 2.75) is 26.7 Å². The molecule has 7 nitrogen and oxygen atoms in total. The number of carbonyl (C=O) groups is 2. The third-order valence-electron chi connectivity index (χ3n) is 5.86. The SMILES string of the molecule is Cc1cnc(N2CCN(C(=O)c3ccc(C4C(=O)NCC4C)nc3)CC2)c(C)c1.Cl.Cl. The number of nitrogens with one attached hydrogen (secondary N) is 1. The maximum atomic E-state index is 12.9. The summed E-state index contributed by atoms with van der Waals surface area (Å²) < 4.78 is 0. The monoisotopic (exact) mass is 465 g/mol. The van der Waals surface area contributed by atoms with Gasteiger partial charge in [-0.05, 0) is 43.0 Å². The molecule has 0 radical (unpaired) electrons. The number of pyridine rings is 2. The molecule has 31 heavy (non-hydrogen) atoms. The lowest BCUT2D eigenvalue weighted by Gasteiger charge is -2.36. The Labute approximate surface area is 195 Å². The number of aryl methyl sites for hydroxylation is 2. The molecule has 2 unspecified atom stereocenters. The highest BCUT2D eigenvalue weighted by atomic mass is 35.5. The van der Waals surface area contributed by atoms with Crippen molar-refractivity contribution in [1.29, 1.82) is 0 Å². The number of halogens is 2. The number of anilines is 1. The summed E-state index contributed by atoms with van der Waals surface area (Å²) in [5.74, 6) is 0.982. The van der Waals surface area contributed by atoms with Crippen molar-refractivity contribution in [2.24, 2.45) is 5.92 Å². The van der Waals surface area contributed by atoms with Gasteiger partial charge in [0.05, 0.1) is 17.2 Å². The Morgan fingerprint density at radius 2 is 1.77 bits per heavy atom. The molecule has 0 spiro atoms. The number of hydrogen-bond acceptors (Lipinski definition) is 5. The van der Waals surface area contributed by atoms with Gasteiger partial charge in [-0.1, -0.05) is 13.0 Å². The molecule has 4 heterocycles. The molecule has 2 aromatic heterocycles. The average Bonchev–Trinajstić information content (AvgIpc) is 3.06. The van der Waals surface area contributed by atoms with E-state index in [0.717, 1.165) is 35.7 Å². The molecular formula is C22H29Cl2N5O2. The van der Waals surface area contributed by atoms with Crippen LogP contribution in [-0.2, 0) is 4.79 Å². The zero-order valence-electron chi connectivity index (χ0n) is 18.0. The van der Waals surface area contributed by atoms with Crippen molar-refractivity contribution in [2.75, 3.05) is 37.6 Å². The van der Waals surface area contributed by atoms with Gasteiger partial charge in [0.25, 0.3) is 5.91 Å². The van der Waals surface area contributed by atoms with Crippen LogP contribution in [0.15, 0.2) is 30.6 Å². The zero-order valence-corrected chi connectivity index (χ0v) is 19.6. The van der Waals surface area contributed by atoms with Crippen molar-refractivity contribution in [1.82, 2.24) is 20.2 Å². The van der Waals surface area contributed by atoms with E-state index in [2.05, 4.69) is 33.2 Å². The largest absolute Gasteiger partial charge is 0.355 e. The summed E-state index contributed by atoms with van der Waals surface area (Å²) in [6.07, 6.45) is 3.49. The standard InChI is InChI=1S/C22H27N5O2.2ClH/c1-14-10-15(2)20(24-11-14)26-6-8-27(9-7-26)22(29)17-4-5-18(23-13-17)19-16(3)12-25-21(19)28;;/h4-5,10-11,13,16,19H,6-9,12H2,1-3H3,(H,25,28);2*1H. The van der Waals surface area contributed by atoms with Crippen LogP contribution in [0.1, 0.15) is 40.0 Å². The Kier molecular flexibility index (Phi) is 8.26. The van der Waals surface area contributed by atoms with E-state index in [1.807, 2.05) is 31.0 Å². The van der Waals surface area contributed by atoms with Crippen molar-refractivity contribution >= 4 is 42.4 Å². The first kappa shape index (κ1) is 24.9. The molecule has 2 fully saturated rings. The summed E-state index contributed by atoms with van der Waals surface area (Å²) >= 11 is 0. The van der Waals surface area contributed by atoms with Gasteiger partial charge < -0.3 is 15.1 Å². The van der Waals surface area contributed by atoms with Gasteiger partial charge in [0, 0.05) is 45.1 Å². The summed E-state index contributed by atoms with van der Waals surface area (Å²) in [6, 6.07) is 5.74. The average molecular weight is 466 g/mol. The lowest BCUT2D eigenvalue weighted by Crippen LogP contribution is -2.49. The van der Waals surface area contributed by atoms with Gasteiger partial charge >= 0.3 is 0 Å². The van der Waals surface area contributed by atoms with Gasteiger partial charge in [-0.25, -0.2) is 4.98 Å². The molecule has 0 aromatic carbocycles. The Hall–Kier alpha value is -2.38. The third-order valence-corrected chi connectivity index (χ3v) is 5.86. The van der Waals surface area contributed by atoms with E-state index in [9.17, 15) is 9.59 Å². The first-order valence-corrected chi connectivity index (χ1v) is 10.1. The van der Waals surface area contributed by atoms with Crippen molar-refractivity contribution in [3.8, 4) is 0 Å². The van der Waals surface area contributed by atoms with Crippen LogP contribution >= 0.6 is 24.8 Å². The summed E-state index contributed by atoms with van der Waals surface area (Å²) in [6.45, 7) is 9.64. The van der Waals surface area contributed by atoms with Gasteiger partial charge in [0.15, 0.2) is 0 Å². The highest BCUT2D eigenvalue weighted by Gasteiger charge is 2.34. The minimum absolute atomic E-state index is 0. The Morgan fingerprint density at radius 1 is 1.06 bits per heavy atom. The molecule has 0 aliphatic carbocycles. The fourth-order valence-corrected chi connectivity index (χ4v) is 4.23. The van der Waals surface area contributed by atoms with Crippen LogP contribution in [0.25, 0.3) is 0 Å². The minimum Gasteiger partial charge on any atom is -0.355 e. The smallest absolute Gasteiger partial charge is 0.255 e. The molecule has 2 saturated heterocycles. The van der Waals surface area contributed by atoms with Crippen LogP contribution in [0, 0.1) is 19.8 Å². The van der Waals surface area contributed by atoms with Crippen LogP contribution in [0.2, 0.25) is 0 Å². The second kappa shape index (κ2) is 10.3. The topological polar surface area (TPSA) is 78.4 Å². The lowest BCUT2D eigenvalue weighted by molar-refractivity contribution is -0.120. The van der Waals surface area contributed by atoms with Gasteiger partial charge in [0.1, 0.15) is 5.82 Å². The van der Waals surface area contributed by atoms with E-state index in [4.69, 9.17) is 0 Å². The van der Waals surface area contributed by atoms with E-state index in [0.29, 0.717) is 25.2 Å². The number of aromatic nitrogens is 2. The second-order valence-electron chi connectivity index (χ2n) is 8.10. The summed E-state index contributed by atoms with van der Waals surface area (Å²) in [5.41, 5.74) is 3.61. The van der Waals surface area contributed by atoms with E-state index < -0.39 is 0 Å². The van der Waals surface area contributed by atoms with E-state index in [-0.39, 0.29) is 48.5 Å². The summed E-state index contributed by atoms with van der Waals surface area (Å²) in [4.78, 5) is 38.0. The molecule has 2 atom stereocenters. The predicted molar refractivity (Wildman–Crippen MR) is 125 cm³/mol. The molecule has 2 aliphatic heterocycles. The number of carbonyl (C=O) groups excluding carboxylic acids is 2. The highest BCUT2D eigenvalue weighted by Crippen LogP contribution is 2.27. The van der Waals surface area contributed by atoms with Crippen LogP contribution in [0.5, 0.6) is 0 Å². The summed E-state index contributed by atoms with van der Waals surface area (Å²) in [7, 11) is 0. The molecule has 1 N–H and O–H groups in total. The Morgan fingerprint density at radius 3 is 2.32 bits per heavy atom. The molecular weight excluding hydrogens is 437 g/mol. The number of hydrogen-bond donors (Lipinski definition) is 1. The van der Waals surface area contributed by atoms with Crippen LogP contribution < -0.4 is 10.2 Å². The molecule has 0 saturated carbocycles. The third kappa shape index (κ3) is 5.10. The molecule has 0 bridgehead atoms. The van der Waals surface area contributed by atoms with Gasteiger partial charge in [-0.15, -0.1) is 24.8 Å². The molecule has 2 aliphatic rings. The molecule has 2 aromatic rings. The van der Waals surface area contributed by atoms with Gasteiger partial charge in [-0.3, -0.25) is 14.6 Å². The summed E-state index contributed by atoms with van der Waals surface area (Å²) in [5, 5.41) is 2.87. The number of nitrogens with zero attached hydrogens (tertiary/aromatic N) is 4. The fourth-order valence-electron chi connectivity index (χ4n) is 4.23.